The van der Waals surface area contributed by atoms with E-state index in [4.69, 9.17) is 9.88 Å². The summed E-state index contributed by atoms with van der Waals surface area (Å²) in [5, 5.41) is 5.15. The van der Waals surface area contributed by atoms with E-state index in [0.717, 1.165) is 16.5 Å². The lowest BCUT2D eigenvalue weighted by Crippen LogP contribution is -2.13. The summed E-state index contributed by atoms with van der Waals surface area (Å²) in [6.07, 6.45) is 0.875. The van der Waals surface area contributed by atoms with Gasteiger partial charge in [0, 0.05) is 4.48 Å². The van der Waals surface area contributed by atoms with Gasteiger partial charge in [-0.25, -0.2) is 13.6 Å². The molecule has 1 rings (SSSR count). The minimum Gasteiger partial charge on any atom is -0.488 e. The van der Waals surface area contributed by atoms with E-state index in [-0.39, 0.29) is 10.8 Å². The number of rotatable bonds is 6. The number of hydrogen-bond acceptors (Lipinski definition) is 3. The van der Waals surface area contributed by atoms with Gasteiger partial charge >= 0.3 is 0 Å². The highest BCUT2D eigenvalue weighted by Crippen LogP contribution is 2.31. The number of sulfonamides is 1. The Bertz CT molecular complexity index is 569. The van der Waals surface area contributed by atoms with Crippen LogP contribution in [0.3, 0.4) is 0 Å². The summed E-state index contributed by atoms with van der Waals surface area (Å²) in [6.45, 7) is 8.07. The molecule has 2 N–H and O–H groups in total. The third-order valence-electron chi connectivity index (χ3n) is 2.84. The normalized spacial score (nSPS) is 13.1. The van der Waals surface area contributed by atoms with Crippen LogP contribution in [0.15, 0.2) is 34.2 Å². The molecule has 1 atom stereocenters. The van der Waals surface area contributed by atoms with Crippen molar-refractivity contribution in [2.75, 3.05) is 6.61 Å². The Kier molecular flexibility index (Phi) is 5.58. The summed E-state index contributed by atoms with van der Waals surface area (Å²) < 4.78 is 29.1. The molecule has 1 unspecified atom stereocenters. The quantitative estimate of drug-likeness (QED) is 0.859. The van der Waals surface area contributed by atoms with E-state index in [1.54, 1.807) is 12.1 Å². The zero-order chi connectivity index (χ0) is 14.6. The first kappa shape index (κ1) is 16.2. The first-order valence-electron chi connectivity index (χ1n) is 5.88. The summed E-state index contributed by atoms with van der Waals surface area (Å²) in [4.78, 5) is 0.104. The average molecular weight is 348 g/mol. The van der Waals surface area contributed by atoms with E-state index in [9.17, 15) is 8.42 Å². The van der Waals surface area contributed by atoms with Crippen molar-refractivity contribution in [3.63, 3.8) is 0 Å². The minimum absolute atomic E-state index is 0.104. The Morgan fingerprint density at radius 3 is 2.63 bits per heavy atom. The number of ether oxygens (including phenoxy) is 1. The van der Waals surface area contributed by atoms with Crippen molar-refractivity contribution in [2.45, 2.75) is 31.1 Å². The van der Waals surface area contributed by atoms with Gasteiger partial charge in [-0.3, -0.25) is 0 Å². The van der Waals surface area contributed by atoms with Gasteiger partial charge in [0.15, 0.2) is 0 Å². The standard InChI is InChI=1S/C13H18BrNO3S/c1-4-9(2)12-7-11(19(15,16)17)5-6-13(12)18-8-10(3)14/h5-7,9H,3-4,8H2,1-2H3,(H2,15,16,17). The van der Waals surface area contributed by atoms with Crippen molar-refractivity contribution in [2.24, 2.45) is 5.14 Å². The van der Waals surface area contributed by atoms with Gasteiger partial charge in [-0.2, -0.15) is 0 Å². The molecule has 0 aliphatic heterocycles. The molecule has 6 heteroatoms. The van der Waals surface area contributed by atoms with Crippen molar-refractivity contribution >= 4 is 26.0 Å². The van der Waals surface area contributed by atoms with Crippen LogP contribution in [0.2, 0.25) is 0 Å². The van der Waals surface area contributed by atoms with Crippen molar-refractivity contribution in [1.29, 1.82) is 0 Å². The van der Waals surface area contributed by atoms with Crippen molar-refractivity contribution in [3.05, 3.63) is 34.8 Å². The molecule has 0 saturated heterocycles. The zero-order valence-electron chi connectivity index (χ0n) is 11.0. The number of halogens is 1. The molecule has 0 heterocycles. The minimum atomic E-state index is -3.70. The molecule has 0 fully saturated rings. The third-order valence-corrected chi connectivity index (χ3v) is 3.98. The van der Waals surface area contributed by atoms with E-state index >= 15 is 0 Å². The fraction of sp³-hybridized carbons (Fsp3) is 0.385. The van der Waals surface area contributed by atoms with Crippen molar-refractivity contribution < 1.29 is 13.2 Å². The van der Waals surface area contributed by atoms with Crippen LogP contribution in [0.4, 0.5) is 0 Å². The molecule has 19 heavy (non-hydrogen) atoms. The van der Waals surface area contributed by atoms with E-state index in [1.807, 2.05) is 13.8 Å². The first-order chi connectivity index (χ1) is 8.75. The van der Waals surface area contributed by atoms with Gasteiger partial charge in [0.1, 0.15) is 12.4 Å². The molecule has 4 nitrogen and oxygen atoms in total. The predicted molar refractivity (Wildman–Crippen MR) is 80.1 cm³/mol. The maximum Gasteiger partial charge on any atom is 0.238 e. The lowest BCUT2D eigenvalue weighted by Gasteiger charge is -2.16. The molecule has 106 valence electrons. The highest BCUT2D eigenvalue weighted by atomic mass is 79.9. The van der Waals surface area contributed by atoms with E-state index in [1.165, 1.54) is 6.07 Å². The number of primary sulfonamides is 1. The molecule has 1 aromatic carbocycles. The molecular weight excluding hydrogens is 330 g/mol. The Morgan fingerprint density at radius 1 is 1.53 bits per heavy atom. The second kappa shape index (κ2) is 6.54. The number of nitrogens with two attached hydrogens (primary N) is 1. The van der Waals surface area contributed by atoms with Crippen molar-refractivity contribution in [3.8, 4) is 5.75 Å². The molecule has 1 aromatic rings. The molecule has 0 aliphatic rings. The maximum absolute atomic E-state index is 11.4. The topological polar surface area (TPSA) is 69.4 Å². The summed E-state index contributed by atoms with van der Waals surface area (Å²) in [7, 11) is -3.70. The van der Waals surface area contributed by atoms with Crippen LogP contribution in [0.1, 0.15) is 31.7 Å². The molecule has 0 amide bonds. The zero-order valence-corrected chi connectivity index (χ0v) is 13.4. The van der Waals surface area contributed by atoms with E-state index < -0.39 is 10.0 Å². The van der Waals surface area contributed by atoms with Crippen LogP contribution in [-0.4, -0.2) is 15.0 Å². The van der Waals surface area contributed by atoms with Crippen LogP contribution >= 0.6 is 15.9 Å². The van der Waals surface area contributed by atoms with Gasteiger partial charge in [-0.15, -0.1) is 0 Å². The molecule has 0 aliphatic carbocycles. The summed E-state index contributed by atoms with van der Waals surface area (Å²) >= 11 is 3.22. The van der Waals surface area contributed by atoms with Crippen molar-refractivity contribution in [1.82, 2.24) is 0 Å². The smallest absolute Gasteiger partial charge is 0.238 e. The largest absolute Gasteiger partial charge is 0.488 e. The molecule has 0 radical (unpaired) electrons. The van der Waals surface area contributed by atoms with Gasteiger partial charge < -0.3 is 4.74 Å². The average Bonchev–Trinajstić information content (AvgIpc) is 2.34. The summed E-state index contributed by atoms with van der Waals surface area (Å²) in [6, 6.07) is 4.67. The summed E-state index contributed by atoms with van der Waals surface area (Å²) in [5.41, 5.74) is 0.836. The summed E-state index contributed by atoms with van der Waals surface area (Å²) in [5.74, 6) is 0.836. The van der Waals surface area contributed by atoms with Gasteiger partial charge in [0.05, 0.1) is 4.90 Å². The fourth-order valence-corrected chi connectivity index (χ4v) is 2.26. The third kappa shape index (κ3) is 4.63. The Balaban J connectivity index is 3.20. The highest BCUT2D eigenvalue weighted by Gasteiger charge is 2.16. The lowest BCUT2D eigenvalue weighted by atomic mass is 9.98. The second-order valence-electron chi connectivity index (χ2n) is 4.36. The van der Waals surface area contributed by atoms with E-state index in [2.05, 4.69) is 22.5 Å². The maximum atomic E-state index is 11.4. The van der Waals surface area contributed by atoms with Gasteiger partial charge in [0.25, 0.3) is 0 Å². The Morgan fingerprint density at radius 2 is 2.16 bits per heavy atom. The molecular formula is C13H18BrNO3S. The predicted octanol–water partition coefficient (Wildman–Crippen LogP) is 3.13. The Hall–Kier alpha value is -0.850. The second-order valence-corrected chi connectivity index (χ2v) is 7.04. The molecule has 0 spiro atoms. The van der Waals surface area contributed by atoms with Crippen LogP contribution in [-0.2, 0) is 10.0 Å². The van der Waals surface area contributed by atoms with E-state index in [0.29, 0.717) is 12.4 Å². The van der Waals surface area contributed by atoms with Gasteiger partial charge in [-0.1, -0.05) is 36.4 Å². The van der Waals surface area contributed by atoms with Crippen LogP contribution in [0, 0.1) is 0 Å². The fourth-order valence-electron chi connectivity index (χ4n) is 1.60. The van der Waals surface area contributed by atoms with Gasteiger partial charge in [0.2, 0.25) is 10.0 Å². The van der Waals surface area contributed by atoms with Gasteiger partial charge in [-0.05, 0) is 36.1 Å². The molecule has 0 aromatic heterocycles. The van der Waals surface area contributed by atoms with Crippen LogP contribution in [0.25, 0.3) is 0 Å². The lowest BCUT2D eigenvalue weighted by molar-refractivity contribution is 0.354. The Labute approximate surface area is 122 Å². The van der Waals surface area contributed by atoms with Crippen LogP contribution < -0.4 is 9.88 Å². The highest BCUT2D eigenvalue weighted by molar-refractivity contribution is 9.11. The molecule has 0 saturated carbocycles. The number of benzene rings is 1. The monoisotopic (exact) mass is 347 g/mol. The van der Waals surface area contributed by atoms with Crippen LogP contribution in [0.5, 0.6) is 5.75 Å². The molecule has 0 bridgehead atoms. The number of hydrogen-bond donors (Lipinski definition) is 1. The SMILES string of the molecule is C=C(Br)COc1ccc(S(N)(=O)=O)cc1C(C)CC. The first-order valence-corrected chi connectivity index (χ1v) is 8.22.